The third-order valence-corrected chi connectivity index (χ3v) is 3.94. The first kappa shape index (κ1) is 16.0. The van der Waals surface area contributed by atoms with Crippen LogP contribution in [0.4, 0.5) is 0 Å². The average Bonchev–Trinajstić information content (AvgIpc) is 2.77. The van der Waals surface area contributed by atoms with E-state index in [4.69, 9.17) is 4.74 Å². The van der Waals surface area contributed by atoms with E-state index in [0.29, 0.717) is 13.2 Å². The summed E-state index contributed by atoms with van der Waals surface area (Å²) in [7, 11) is 3.96. The molecule has 21 heavy (non-hydrogen) atoms. The lowest BCUT2D eigenvalue weighted by molar-refractivity contribution is -0.152. The van der Waals surface area contributed by atoms with Crippen LogP contribution in [0, 0.1) is 0 Å². The predicted octanol–water partition coefficient (Wildman–Crippen LogP) is 2.41. The number of carbonyl (C=O) groups is 1. The molecule has 0 radical (unpaired) electrons. The van der Waals surface area contributed by atoms with Crippen LogP contribution < -0.4 is 0 Å². The molecule has 0 atom stereocenters. The highest BCUT2D eigenvalue weighted by atomic mass is 16.5. The highest BCUT2D eigenvalue weighted by molar-refractivity contribution is 5.84. The lowest BCUT2D eigenvalue weighted by atomic mass is 10.0. The van der Waals surface area contributed by atoms with Gasteiger partial charge in [-0.25, -0.2) is 0 Å². The molecule has 1 aliphatic heterocycles. The van der Waals surface area contributed by atoms with E-state index in [0.717, 1.165) is 13.1 Å². The minimum absolute atomic E-state index is 0.0157. The van der Waals surface area contributed by atoms with Crippen LogP contribution in [-0.4, -0.2) is 42.0 Å². The van der Waals surface area contributed by atoms with E-state index < -0.39 is 5.60 Å². The monoisotopic (exact) mass is 290 g/mol. The van der Waals surface area contributed by atoms with Crippen LogP contribution in [0.1, 0.15) is 37.5 Å². The lowest BCUT2D eigenvalue weighted by Gasteiger charge is -2.29. The van der Waals surface area contributed by atoms with Gasteiger partial charge >= 0.3 is 0 Å². The largest absolute Gasteiger partial charge is 0.366 e. The fourth-order valence-corrected chi connectivity index (χ4v) is 2.94. The van der Waals surface area contributed by atoms with Gasteiger partial charge in [0, 0.05) is 33.3 Å². The summed E-state index contributed by atoms with van der Waals surface area (Å²) in [5.41, 5.74) is 3.18. The molecule has 0 fully saturated rings. The number of benzene rings is 1. The van der Waals surface area contributed by atoms with Gasteiger partial charge < -0.3 is 9.64 Å². The number of nitrogens with zero attached hydrogens (tertiary/aromatic N) is 2. The second-order valence-electron chi connectivity index (χ2n) is 6.38. The molecule has 4 nitrogen and oxygen atoms in total. The molecule has 1 aromatic rings. The zero-order valence-corrected chi connectivity index (χ0v) is 13.8. The van der Waals surface area contributed by atoms with Crippen molar-refractivity contribution >= 4 is 5.91 Å². The molecule has 4 heteroatoms. The van der Waals surface area contributed by atoms with Crippen LogP contribution >= 0.6 is 0 Å². The van der Waals surface area contributed by atoms with Crippen molar-refractivity contribution in [1.29, 1.82) is 0 Å². The van der Waals surface area contributed by atoms with E-state index in [-0.39, 0.29) is 5.91 Å². The molecule has 0 aromatic heterocycles. The Morgan fingerprint density at radius 3 is 2.67 bits per heavy atom. The first-order valence-electron chi connectivity index (χ1n) is 7.52. The summed E-state index contributed by atoms with van der Waals surface area (Å²) >= 11 is 0. The predicted molar refractivity (Wildman–Crippen MR) is 83.8 cm³/mol. The molecule has 1 heterocycles. The van der Waals surface area contributed by atoms with Crippen molar-refractivity contribution in [2.45, 2.75) is 46.0 Å². The summed E-state index contributed by atoms with van der Waals surface area (Å²) in [6.45, 7) is 8.73. The second kappa shape index (κ2) is 6.16. The third-order valence-electron chi connectivity index (χ3n) is 3.94. The van der Waals surface area contributed by atoms with Gasteiger partial charge in [0.05, 0.1) is 0 Å². The van der Waals surface area contributed by atoms with Crippen LogP contribution in [0.25, 0.3) is 0 Å². The molecule has 1 amide bonds. The Labute approximate surface area is 127 Å². The molecule has 1 aliphatic rings. The highest BCUT2D eigenvalue weighted by Gasteiger charge is 2.31. The maximum Gasteiger partial charge on any atom is 0.254 e. The van der Waals surface area contributed by atoms with E-state index in [1.165, 1.54) is 16.7 Å². The van der Waals surface area contributed by atoms with Gasteiger partial charge in [0.2, 0.25) is 0 Å². The summed E-state index contributed by atoms with van der Waals surface area (Å²) in [6.07, 6.45) is 0. The standard InChI is InChI=1S/C17H26N2O2/c1-6-21-17(2,3)16(20)19(5)10-13-7-8-14-11-18(4)12-15(14)9-13/h7-9H,6,10-12H2,1-5H3. The van der Waals surface area contributed by atoms with Crippen molar-refractivity contribution < 1.29 is 9.53 Å². The number of carbonyl (C=O) groups excluding carboxylic acids is 1. The number of rotatable bonds is 5. The van der Waals surface area contributed by atoms with Gasteiger partial charge in [0.15, 0.2) is 0 Å². The number of hydrogen-bond acceptors (Lipinski definition) is 3. The number of ether oxygens (including phenoxy) is 1. The van der Waals surface area contributed by atoms with E-state index in [1.807, 2.05) is 27.8 Å². The van der Waals surface area contributed by atoms with Gasteiger partial charge in [0.1, 0.15) is 5.60 Å². The zero-order chi connectivity index (χ0) is 15.6. The molecule has 0 unspecified atom stereocenters. The number of hydrogen-bond donors (Lipinski definition) is 0. The molecule has 0 saturated heterocycles. The maximum absolute atomic E-state index is 12.4. The average molecular weight is 290 g/mol. The molecule has 0 spiro atoms. The van der Waals surface area contributed by atoms with Crippen LogP contribution in [0.2, 0.25) is 0 Å². The zero-order valence-electron chi connectivity index (χ0n) is 13.8. The van der Waals surface area contributed by atoms with Gasteiger partial charge in [-0.2, -0.15) is 0 Å². The fourth-order valence-electron chi connectivity index (χ4n) is 2.94. The van der Waals surface area contributed by atoms with Crippen molar-refractivity contribution in [1.82, 2.24) is 9.80 Å². The van der Waals surface area contributed by atoms with E-state index in [1.54, 1.807) is 4.90 Å². The van der Waals surface area contributed by atoms with Gasteiger partial charge in [0.25, 0.3) is 5.91 Å². The van der Waals surface area contributed by atoms with Gasteiger partial charge in [-0.1, -0.05) is 18.2 Å². The van der Waals surface area contributed by atoms with Crippen LogP contribution in [0.15, 0.2) is 18.2 Å². The number of amides is 1. The summed E-state index contributed by atoms with van der Waals surface area (Å²) in [6, 6.07) is 6.52. The van der Waals surface area contributed by atoms with Crippen molar-refractivity contribution in [3.8, 4) is 0 Å². The minimum atomic E-state index is -0.763. The van der Waals surface area contributed by atoms with E-state index >= 15 is 0 Å². The molecule has 1 aromatic carbocycles. The first-order chi connectivity index (χ1) is 9.83. The lowest BCUT2D eigenvalue weighted by Crippen LogP contribution is -2.44. The molecule has 2 rings (SSSR count). The smallest absolute Gasteiger partial charge is 0.254 e. The van der Waals surface area contributed by atoms with Crippen molar-refractivity contribution in [2.24, 2.45) is 0 Å². The Morgan fingerprint density at radius 2 is 2.00 bits per heavy atom. The molecular weight excluding hydrogens is 264 g/mol. The molecule has 0 bridgehead atoms. The summed E-state index contributed by atoms with van der Waals surface area (Å²) in [5.74, 6) is 0.0157. The Balaban J connectivity index is 2.05. The van der Waals surface area contributed by atoms with Crippen molar-refractivity contribution in [3.63, 3.8) is 0 Å². The molecule has 0 N–H and O–H groups in total. The highest BCUT2D eigenvalue weighted by Crippen LogP contribution is 2.23. The van der Waals surface area contributed by atoms with E-state index in [9.17, 15) is 4.79 Å². The molecule has 0 saturated carbocycles. The van der Waals surface area contributed by atoms with Crippen LogP contribution in [0.3, 0.4) is 0 Å². The van der Waals surface area contributed by atoms with E-state index in [2.05, 4.69) is 30.1 Å². The minimum Gasteiger partial charge on any atom is -0.366 e. The summed E-state index contributed by atoms with van der Waals surface area (Å²) < 4.78 is 5.54. The van der Waals surface area contributed by atoms with Crippen LogP contribution in [-0.2, 0) is 29.2 Å². The summed E-state index contributed by atoms with van der Waals surface area (Å²) in [5, 5.41) is 0. The van der Waals surface area contributed by atoms with Gasteiger partial charge in [-0.05, 0) is 44.5 Å². The fraction of sp³-hybridized carbons (Fsp3) is 0.588. The van der Waals surface area contributed by atoms with Crippen molar-refractivity contribution in [2.75, 3.05) is 20.7 Å². The molecule has 0 aliphatic carbocycles. The van der Waals surface area contributed by atoms with Gasteiger partial charge in [-0.15, -0.1) is 0 Å². The summed E-state index contributed by atoms with van der Waals surface area (Å²) in [4.78, 5) is 16.5. The molecular formula is C17H26N2O2. The quantitative estimate of drug-likeness (QED) is 0.835. The Morgan fingerprint density at radius 1 is 1.33 bits per heavy atom. The van der Waals surface area contributed by atoms with Gasteiger partial charge in [-0.3, -0.25) is 9.69 Å². The third kappa shape index (κ3) is 3.63. The molecule has 116 valence electrons. The van der Waals surface area contributed by atoms with Crippen LogP contribution in [0.5, 0.6) is 0 Å². The Hall–Kier alpha value is -1.39. The first-order valence-corrected chi connectivity index (χ1v) is 7.52. The maximum atomic E-state index is 12.4. The van der Waals surface area contributed by atoms with Crippen molar-refractivity contribution in [3.05, 3.63) is 34.9 Å². The SMILES string of the molecule is CCOC(C)(C)C(=O)N(C)Cc1ccc2c(c1)CN(C)C2. The Kier molecular flexibility index (Phi) is 4.69. The number of fused-ring (bicyclic) bond motifs is 1. The Bertz CT molecular complexity index is 526. The second-order valence-corrected chi connectivity index (χ2v) is 6.38. The topological polar surface area (TPSA) is 32.8 Å². The normalized spacial score (nSPS) is 15.1. The number of likely N-dealkylation sites (N-methyl/N-ethyl adjacent to an activating group) is 1.